The average Bonchev–Trinajstić information content (AvgIpc) is 3.28. The maximum absolute atomic E-state index is 11.5. The highest BCUT2D eigenvalue weighted by Crippen LogP contribution is 2.18. The molecule has 1 fully saturated rings. The van der Waals surface area contributed by atoms with Gasteiger partial charge in [-0.2, -0.15) is 5.10 Å². The molecular formula is C15H19N3O2. The van der Waals surface area contributed by atoms with E-state index >= 15 is 0 Å². The number of hydrogen-bond acceptors (Lipinski definition) is 3. The number of nitrogens with one attached hydrogen (secondary N) is 2. The Balaban J connectivity index is 1.91. The average molecular weight is 273 g/mol. The third-order valence-corrected chi connectivity index (χ3v) is 3.22. The first-order valence-electron chi connectivity index (χ1n) is 6.84. The summed E-state index contributed by atoms with van der Waals surface area (Å²) < 4.78 is 0. The molecule has 0 aliphatic heterocycles. The van der Waals surface area contributed by atoms with Crippen LogP contribution in [0.15, 0.2) is 29.4 Å². The SMILES string of the molecule is CCc1ccc(/C(C)=N\NC(=O)C(=O)NC2CC2)cc1. The van der Waals surface area contributed by atoms with Crippen LogP contribution in [0.2, 0.25) is 0 Å². The van der Waals surface area contributed by atoms with Gasteiger partial charge in [-0.3, -0.25) is 9.59 Å². The maximum atomic E-state index is 11.5. The van der Waals surface area contributed by atoms with Gasteiger partial charge in [-0.05, 0) is 37.3 Å². The molecule has 0 atom stereocenters. The smallest absolute Gasteiger partial charge is 0.329 e. The minimum absolute atomic E-state index is 0.167. The van der Waals surface area contributed by atoms with E-state index in [1.54, 1.807) is 6.92 Å². The third-order valence-electron chi connectivity index (χ3n) is 3.22. The molecule has 1 aliphatic carbocycles. The lowest BCUT2D eigenvalue weighted by molar-refractivity contribution is -0.139. The largest absolute Gasteiger partial charge is 0.345 e. The fourth-order valence-electron chi connectivity index (χ4n) is 1.71. The van der Waals surface area contributed by atoms with Gasteiger partial charge in [0.1, 0.15) is 0 Å². The number of aryl methyl sites for hydroxylation is 1. The van der Waals surface area contributed by atoms with Crippen LogP contribution < -0.4 is 10.7 Å². The first kappa shape index (κ1) is 14.2. The number of benzene rings is 1. The summed E-state index contributed by atoms with van der Waals surface area (Å²) in [7, 11) is 0. The minimum atomic E-state index is -0.721. The molecular weight excluding hydrogens is 254 g/mol. The van der Waals surface area contributed by atoms with Crippen LogP contribution in [0.25, 0.3) is 0 Å². The second kappa shape index (κ2) is 6.32. The third kappa shape index (κ3) is 3.91. The zero-order valence-corrected chi connectivity index (χ0v) is 11.8. The second-order valence-electron chi connectivity index (χ2n) is 4.94. The predicted octanol–water partition coefficient (Wildman–Crippen LogP) is 1.37. The van der Waals surface area contributed by atoms with Gasteiger partial charge >= 0.3 is 11.8 Å². The number of carbonyl (C=O) groups is 2. The summed E-state index contributed by atoms with van der Waals surface area (Å²) in [5.41, 5.74) is 5.11. The Morgan fingerprint density at radius 1 is 1.20 bits per heavy atom. The second-order valence-corrected chi connectivity index (χ2v) is 4.94. The summed E-state index contributed by atoms with van der Waals surface area (Å²) >= 11 is 0. The summed E-state index contributed by atoms with van der Waals surface area (Å²) in [4.78, 5) is 22.9. The van der Waals surface area contributed by atoms with E-state index in [-0.39, 0.29) is 6.04 Å². The fourth-order valence-corrected chi connectivity index (χ4v) is 1.71. The molecule has 1 saturated carbocycles. The topological polar surface area (TPSA) is 70.6 Å². The van der Waals surface area contributed by atoms with E-state index in [0.717, 1.165) is 24.8 Å². The molecule has 0 saturated heterocycles. The molecule has 0 unspecified atom stereocenters. The van der Waals surface area contributed by atoms with E-state index in [0.29, 0.717) is 5.71 Å². The van der Waals surface area contributed by atoms with Gasteiger partial charge in [0.25, 0.3) is 0 Å². The van der Waals surface area contributed by atoms with E-state index in [9.17, 15) is 9.59 Å². The number of carbonyl (C=O) groups excluding carboxylic acids is 2. The Morgan fingerprint density at radius 3 is 2.40 bits per heavy atom. The summed E-state index contributed by atoms with van der Waals surface area (Å²) in [6.45, 7) is 3.88. The van der Waals surface area contributed by atoms with Crippen LogP contribution >= 0.6 is 0 Å². The molecule has 20 heavy (non-hydrogen) atoms. The Morgan fingerprint density at radius 2 is 1.85 bits per heavy atom. The number of nitrogens with zero attached hydrogens (tertiary/aromatic N) is 1. The van der Waals surface area contributed by atoms with E-state index in [1.807, 2.05) is 24.3 Å². The summed E-state index contributed by atoms with van der Waals surface area (Å²) in [6.07, 6.45) is 2.88. The number of hydrazone groups is 1. The monoisotopic (exact) mass is 273 g/mol. The summed E-state index contributed by atoms with van der Waals surface area (Å²) in [6, 6.07) is 8.12. The highest BCUT2D eigenvalue weighted by atomic mass is 16.2. The standard InChI is InChI=1S/C15H19N3O2/c1-3-11-4-6-12(7-5-11)10(2)17-18-15(20)14(19)16-13-8-9-13/h4-7,13H,3,8-9H2,1-2H3,(H,16,19)(H,18,20)/b17-10-. The van der Waals surface area contributed by atoms with Gasteiger partial charge in [-0.15, -0.1) is 0 Å². The van der Waals surface area contributed by atoms with Crippen LogP contribution in [0.1, 0.15) is 37.8 Å². The van der Waals surface area contributed by atoms with E-state index in [4.69, 9.17) is 0 Å². The van der Waals surface area contributed by atoms with Crippen molar-refractivity contribution in [1.29, 1.82) is 0 Å². The molecule has 1 aromatic rings. The minimum Gasteiger partial charge on any atom is -0.345 e. The predicted molar refractivity (Wildman–Crippen MR) is 77.3 cm³/mol. The zero-order valence-electron chi connectivity index (χ0n) is 11.8. The number of amides is 2. The molecule has 0 heterocycles. The molecule has 1 aliphatic rings. The molecule has 0 aromatic heterocycles. The summed E-state index contributed by atoms with van der Waals surface area (Å²) in [5.74, 6) is -1.34. The molecule has 2 amide bonds. The fraction of sp³-hybridized carbons (Fsp3) is 0.400. The Bertz CT molecular complexity index is 531. The Labute approximate surface area is 118 Å². The lowest BCUT2D eigenvalue weighted by Gasteiger charge is -2.04. The van der Waals surface area contributed by atoms with Crippen LogP contribution in [0, 0.1) is 0 Å². The van der Waals surface area contributed by atoms with Crippen LogP contribution in [0.4, 0.5) is 0 Å². The molecule has 2 N–H and O–H groups in total. The Kier molecular flexibility index (Phi) is 4.50. The molecule has 106 valence electrons. The zero-order chi connectivity index (χ0) is 14.5. The van der Waals surface area contributed by atoms with Gasteiger partial charge in [0, 0.05) is 6.04 Å². The quantitative estimate of drug-likeness (QED) is 0.494. The maximum Gasteiger partial charge on any atom is 0.329 e. The van der Waals surface area contributed by atoms with Crippen molar-refractivity contribution in [3.05, 3.63) is 35.4 Å². The van der Waals surface area contributed by atoms with Crippen LogP contribution in [0.5, 0.6) is 0 Å². The Hall–Kier alpha value is -2.17. The van der Waals surface area contributed by atoms with Gasteiger partial charge in [0.2, 0.25) is 0 Å². The van der Waals surface area contributed by atoms with Gasteiger partial charge in [0.15, 0.2) is 0 Å². The van der Waals surface area contributed by atoms with Crippen molar-refractivity contribution in [3.63, 3.8) is 0 Å². The van der Waals surface area contributed by atoms with Gasteiger partial charge in [-0.1, -0.05) is 31.2 Å². The van der Waals surface area contributed by atoms with Crippen molar-refractivity contribution in [3.8, 4) is 0 Å². The molecule has 2 rings (SSSR count). The first-order valence-corrected chi connectivity index (χ1v) is 6.84. The highest BCUT2D eigenvalue weighted by molar-refractivity contribution is 6.35. The number of rotatable bonds is 4. The molecule has 5 heteroatoms. The molecule has 5 nitrogen and oxygen atoms in total. The van der Waals surface area contributed by atoms with Gasteiger partial charge < -0.3 is 5.32 Å². The van der Waals surface area contributed by atoms with E-state index in [2.05, 4.69) is 22.8 Å². The van der Waals surface area contributed by atoms with Crippen LogP contribution in [-0.4, -0.2) is 23.6 Å². The summed E-state index contributed by atoms with van der Waals surface area (Å²) in [5, 5.41) is 6.57. The van der Waals surface area contributed by atoms with Crippen molar-refractivity contribution in [2.45, 2.75) is 39.2 Å². The van der Waals surface area contributed by atoms with Crippen molar-refractivity contribution in [2.75, 3.05) is 0 Å². The molecule has 0 radical (unpaired) electrons. The van der Waals surface area contributed by atoms with Crippen molar-refractivity contribution in [2.24, 2.45) is 5.10 Å². The van der Waals surface area contributed by atoms with Crippen molar-refractivity contribution < 1.29 is 9.59 Å². The highest BCUT2D eigenvalue weighted by Gasteiger charge is 2.26. The normalized spacial score (nSPS) is 14.8. The lowest BCUT2D eigenvalue weighted by Crippen LogP contribution is -2.39. The van der Waals surface area contributed by atoms with E-state index < -0.39 is 11.8 Å². The van der Waals surface area contributed by atoms with Crippen LogP contribution in [0.3, 0.4) is 0 Å². The lowest BCUT2D eigenvalue weighted by atomic mass is 10.1. The molecule has 0 spiro atoms. The van der Waals surface area contributed by atoms with Crippen LogP contribution in [-0.2, 0) is 16.0 Å². The molecule has 0 bridgehead atoms. The van der Waals surface area contributed by atoms with Gasteiger partial charge in [0.05, 0.1) is 5.71 Å². The first-order chi connectivity index (χ1) is 9.60. The van der Waals surface area contributed by atoms with Crippen molar-refractivity contribution in [1.82, 2.24) is 10.7 Å². The van der Waals surface area contributed by atoms with Crippen molar-refractivity contribution >= 4 is 17.5 Å². The number of hydrogen-bond donors (Lipinski definition) is 2. The van der Waals surface area contributed by atoms with E-state index in [1.165, 1.54) is 5.56 Å². The van der Waals surface area contributed by atoms with Gasteiger partial charge in [-0.25, -0.2) is 5.43 Å². The molecule has 1 aromatic carbocycles.